The van der Waals surface area contributed by atoms with E-state index in [1.54, 1.807) is 0 Å². The predicted molar refractivity (Wildman–Crippen MR) is 104 cm³/mol. The van der Waals surface area contributed by atoms with Gasteiger partial charge in [0.05, 0.1) is 24.6 Å². The molecule has 1 fully saturated rings. The molecule has 26 heavy (non-hydrogen) atoms. The summed E-state index contributed by atoms with van der Waals surface area (Å²) in [6.07, 6.45) is 4.43. The molecule has 0 bridgehead atoms. The fraction of sp³-hybridized carbons (Fsp3) is 0.556. The molecule has 1 aliphatic rings. The molecule has 8 heteroatoms. The number of anilines is 1. The second-order valence-electron chi connectivity index (χ2n) is 8.03. The van der Waals surface area contributed by atoms with E-state index in [-0.39, 0.29) is 5.41 Å². The van der Waals surface area contributed by atoms with E-state index in [2.05, 4.69) is 52.1 Å². The number of hydrogen-bond donors (Lipinski definition) is 1. The molecule has 4 heterocycles. The predicted octanol–water partition coefficient (Wildman–Crippen LogP) is 2.92. The van der Waals surface area contributed by atoms with Crippen LogP contribution in [0, 0.1) is 6.92 Å². The lowest BCUT2D eigenvalue weighted by molar-refractivity contribution is 0.316. The first-order chi connectivity index (χ1) is 12.3. The monoisotopic (exact) mass is 371 g/mol. The maximum Gasteiger partial charge on any atom is 0.165 e. The highest BCUT2D eigenvalue weighted by Gasteiger charge is 2.27. The van der Waals surface area contributed by atoms with Gasteiger partial charge in [-0.1, -0.05) is 20.8 Å². The Bertz CT molecular complexity index is 937. The molecule has 3 aromatic rings. The van der Waals surface area contributed by atoms with Gasteiger partial charge in [-0.2, -0.15) is 0 Å². The van der Waals surface area contributed by atoms with Gasteiger partial charge in [-0.25, -0.2) is 19.9 Å². The Morgan fingerprint density at radius 2 is 2.08 bits per heavy atom. The third-order valence-electron chi connectivity index (χ3n) is 4.91. The van der Waals surface area contributed by atoms with Crippen molar-refractivity contribution in [1.29, 1.82) is 0 Å². The lowest BCUT2D eigenvalue weighted by atomic mass is 9.94. The Balaban J connectivity index is 1.50. The highest BCUT2D eigenvalue weighted by atomic mass is 32.1. The molecule has 1 aliphatic heterocycles. The van der Waals surface area contributed by atoms with Crippen LogP contribution in [-0.2, 0) is 12.0 Å². The van der Waals surface area contributed by atoms with E-state index >= 15 is 0 Å². The standard InChI is InChI=1S/C18H25N7S/c1-11-15(18(2,3)4)26-13(23-11)8-24-6-5-12(7-24)25-10-22-14-16(19)20-9-21-17(14)25/h9-10,12H,5-8H2,1-4H3,(H2,19,20,21). The van der Waals surface area contributed by atoms with Gasteiger partial charge in [-0.15, -0.1) is 11.3 Å². The van der Waals surface area contributed by atoms with E-state index in [9.17, 15) is 0 Å². The molecule has 7 nitrogen and oxygen atoms in total. The van der Waals surface area contributed by atoms with E-state index < -0.39 is 0 Å². The van der Waals surface area contributed by atoms with Gasteiger partial charge in [0.2, 0.25) is 0 Å². The van der Waals surface area contributed by atoms with Crippen LogP contribution >= 0.6 is 11.3 Å². The van der Waals surface area contributed by atoms with Crippen molar-refractivity contribution in [3.05, 3.63) is 28.2 Å². The molecule has 4 rings (SSSR count). The molecule has 0 aromatic carbocycles. The van der Waals surface area contributed by atoms with Crippen molar-refractivity contribution in [3.8, 4) is 0 Å². The Morgan fingerprint density at radius 3 is 2.81 bits per heavy atom. The minimum absolute atomic E-state index is 0.156. The first-order valence-corrected chi connectivity index (χ1v) is 9.76. The van der Waals surface area contributed by atoms with Crippen molar-refractivity contribution in [2.24, 2.45) is 0 Å². The van der Waals surface area contributed by atoms with Crippen molar-refractivity contribution in [2.45, 2.75) is 52.1 Å². The lowest BCUT2D eigenvalue weighted by Crippen LogP contribution is -2.21. The number of nitrogens with two attached hydrogens (primary N) is 1. The van der Waals surface area contributed by atoms with Crippen LogP contribution in [0.2, 0.25) is 0 Å². The SMILES string of the molecule is Cc1nc(CN2CCC(n3cnc4c(N)ncnc43)C2)sc1C(C)(C)C. The second kappa shape index (κ2) is 6.28. The van der Waals surface area contributed by atoms with Crippen LogP contribution in [0.5, 0.6) is 0 Å². The zero-order valence-electron chi connectivity index (χ0n) is 15.7. The summed E-state index contributed by atoms with van der Waals surface area (Å²) < 4.78 is 2.14. The van der Waals surface area contributed by atoms with Gasteiger partial charge in [0.25, 0.3) is 0 Å². The minimum atomic E-state index is 0.156. The van der Waals surface area contributed by atoms with Crippen LogP contribution in [0.15, 0.2) is 12.7 Å². The van der Waals surface area contributed by atoms with Crippen LogP contribution < -0.4 is 5.73 Å². The highest BCUT2D eigenvalue weighted by molar-refractivity contribution is 7.11. The number of thiazole rings is 1. The van der Waals surface area contributed by atoms with Crippen LogP contribution in [0.25, 0.3) is 11.2 Å². The Hall–Kier alpha value is -2.06. The molecular weight excluding hydrogens is 346 g/mol. The van der Waals surface area contributed by atoms with E-state index in [0.717, 1.165) is 31.7 Å². The Labute approximate surface area is 157 Å². The van der Waals surface area contributed by atoms with E-state index in [0.29, 0.717) is 17.4 Å². The normalized spacial score (nSPS) is 18.8. The summed E-state index contributed by atoms with van der Waals surface area (Å²) in [5.74, 6) is 0.441. The molecule has 0 saturated carbocycles. The van der Waals surface area contributed by atoms with Gasteiger partial charge >= 0.3 is 0 Å². The fourth-order valence-electron chi connectivity index (χ4n) is 3.73. The lowest BCUT2D eigenvalue weighted by Gasteiger charge is -2.17. The number of likely N-dealkylation sites (tertiary alicyclic amines) is 1. The first kappa shape index (κ1) is 17.4. The zero-order valence-corrected chi connectivity index (χ0v) is 16.5. The smallest absolute Gasteiger partial charge is 0.165 e. The summed E-state index contributed by atoms with van der Waals surface area (Å²) in [5.41, 5.74) is 8.74. The number of aryl methyl sites for hydroxylation is 1. The van der Waals surface area contributed by atoms with Gasteiger partial charge in [-0.05, 0) is 18.8 Å². The van der Waals surface area contributed by atoms with E-state index in [4.69, 9.17) is 10.7 Å². The maximum absolute atomic E-state index is 5.90. The van der Waals surface area contributed by atoms with Gasteiger partial charge in [0.1, 0.15) is 16.9 Å². The van der Waals surface area contributed by atoms with Crippen molar-refractivity contribution >= 4 is 28.3 Å². The molecule has 1 unspecified atom stereocenters. The average molecular weight is 372 g/mol. The van der Waals surface area contributed by atoms with Crippen molar-refractivity contribution in [3.63, 3.8) is 0 Å². The summed E-state index contributed by atoms with van der Waals surface area (Å²) in [4.78, 5) is 21.5. The van der Waals surface area contributed by atoms with E-state index in [1.165, 1.54) is 21.9 Å². The van der Waals surface area contributed by atoms with Crippen LogP contribution in [0.1, 0.15) is 48.8 Å². The van der Waals surface area contributed by atoms with E-state index in [1.807, 2.05) is 17.7 Å². The molecule has 1 atom stereocenters. The van der Waals surface area contributed by atoms with Crippen molar-refractivity contribution < 1.29 is 0 Å². The zero-order chi connectivity index (χ0) is 18.5. The molecule has 0 aliphatic carbocycles. The molecule has 1 saturated heterocycles. The number of imidazole rings is 1. The molecule has 0 amide bonds. The molecule has 138 valence electrons. The number of rotatable bonds is 3. The van der Waals surface area contributed by atoms with Gasteiger partial charge in [-0.3, -0.25) is 4.90 Å². The summed E-state index contributed by atoms with van der Waals surface area (Å²) in [6.45, 7) is 11.8. The molecule has 2 N–H and O–H groups in total. The number of aromatic nitrogens is 5. The van der Waals surface area contributed by atoms with Gasteiger partial charge in [0.15, 0.2) is 11.5 Å². The van der Waals surface area contributed by atoms with Crippen molar-refractivity contribution in [1.82, 2.24) is 29.4 Å². The molecule has 3 aromatic heterocycles. The summed E-state index contributed by atoms with van der Waals surface area (Å²) in [6, 6.07) is 0.359. The topological polar surface area (TPSA) is 85.8 Å². The van der Waals surface area contributed by atoms with Gasteiger partial charge < -0.3 is 10.3 Å². The van der Waals surface area contributed by atoms with Crippen LogP contribution in [0.3, 0.4) is 0 Å². The third kappa shape index (κ3) is 3.07. The summed E-state index contributed by atoms with van der Waals surface area (Å²) in [7, 11) is 0. The second-order valence-corrected chi connectivity index (χ2v) is 9.12. The van der Waals surface area contributed by atoms with Crippen molar-refractivity contribution in [2.75, 3.05) is 18.8 Å². The summed E-state index contributed by atoms with van der Waals surface area (Å²) in [5, 5.41) is 1.20. The fourth-order valence-corrected chi connectivity index (χ4v) is 4.89. The molecular formula is C18H25N7S. The van der Waals surface area contributed by atoms with Gasteiger partial charge in [0, 0.05) is 18.0 Å². The Morgan fingerprint density at radius 1 is 1.27 bits per heavy atom. The third-order valence-corrected chi connectivity index (χ3v) is 6.48. The highest BCUT2D eigenvalue weighted by Crippen LogP contribution is 2.33. The number of nitrogen functional groups attached to an aromatic ring is 1. The Kier molecular flexibility index (Phi) is 4.19. The molecule has 0 spiro atoms. The maximum atomic E-state index is 5.90. The largest absolute Gasteiger partial charge is 0.382 e. The number of hydrogen-bond acceptors (Lipinski definition) is 7. The summed E-state index contributed by atoms with van der Waals surface area (Å²) >= 11 is 1.85. The molecule has 0 radical (unpaired) electrons. The average Bonchev–Trinajstić information content (AvgIpc) is 3.25. The van der Waals surface area contributed by atoms with Crippen LogP contribution in [-0.4, -0.2) is 42.5 Å². The minimum Gasteiger partial charge on any atom is -0.382 e. The first-order valence-electron chi connectivity index (χ1n) is 8.95. The van der Waals surface area contributed by atoms with Crippen LogP contribution in [0.4, 0.5) is 5.82 Å². The quantitative estimate of drug-likeness (QED) is 0.762. The number of nitrogens with zero attached hydrogens (tertiary/aromatic N) is 6. The number of fused-ring (bicyclic) bond motifs is 1.